The molecule has 0 fully saturated rings. The number of urea groups is 1. The van der Waals surface area contributed by atoms with Crippen LogP contribution in [0.4, 0.5) is 4.79 Å². The van der Waals surface area contributed by atoms with Gasteiger partial charge in [0.2, 0.25) is 0 Å². The smallest absolute Gasteiger partial charge is 0.308 e. The average Bonchev–Trinajstić information content (AvgIpc) is 2.17. The van der Waals surface area contributed by atoms with Crippen molar-refractivity contribution in [3.05, 3.63) is 0 Å². The standard InChI is InChI=1S/C8H15ClN4O/c1-10-8(14)13(2)6-11-5-12(7-13)4-3-9/h6H,3-5,7H2,1-2H3/p+1. The number of carbonyl (C=O) groups is 1. The van der Waals surface area contributed by atoms with E-state index in [1.54, 1.807) is 13.4 Å². The number of amides is 2. The van der Waals surface area contributed by atoms with Crippen molar-refractivity contribution in [1.82, 2.24) is 10.2 Å². The molecule has 1 heterocycles. The van der Waals surface area contributed by atoms with Crippen LogP contribution in [0.5, 0.6) is 0 Å². The highest BCUT2D eigenvalue weighted by Crippen LogP contribution is 2.08. The second-order valence-electron chi connectivity index (χ2n) is 3.49. The van der Waals surface area contributed by atoms with Crippen LogP contribution in [0.25, 0.3) is 0 Å². The van der Waals surface area contributed by atoms with Crippen LogP contribution in [0.15, 0.2) is 4.99 Å². The Morgan fingerprint density at radius 1 is 1.79 bits per heavy atom. The van der Waals surface area contributed by atoms with Gasteiger partial charge in [-0.1, -0.05) is 0 Å². The van der Waals surface area contributed by atoms with Gasteiger partial charge in [-0.05, 0) is 0 Å². The normalized spacial score (nSPS) is 27.6. The summed E-state index contributed by atoms with van der Waals surface area (Å²) in [6.45, 7) is 2.00. The third kappa shape index (κ3) is 2.43. The number of hydrogen-bond donors (Lipinski definition) is 1. The molecule has 1 rings (SSSR count). The zero-order valence-electron chi connectivity index (χ0n) is 8.53. The van der Waals surface area contributed by atoms with Crippen molar-refractivity contribution < 1.29 is 9.28 Å². The molecule has 0 aromatic heterocycles. The van der Waals surface area contributed by atoms with Crippen molar-refractivity contribution in [2.75, 3.05) is 39.9 Å². The van der Waals surface area contributed by atoms with Crippen molar-refractivity contribution in [3.8, 4) is 0 Å². The lowest BCUT2D eigenvalue weighted by Crippen LogP contribution is -2.60. The molecule has 0 aromatic carbocycles. The molecule has 1 atom stereocenters. The Labute approximate surface area is 88.9 Å². The minimum Gasteiger partial charge on any atom is -0.308 e. The molecule has 6 heteroatoms. The number of nitrogens with one attached hydrogen (secondary N) is 1. The summed E-state index contributed by atoms with van der Waals surface area (Å²) in [6, 6.07) is -0.0620. The predicted octanol–water partition coefficient (Wildman–Crippen LogP) is 0.270. The summed E-state index contributed by atoms with van der Waals surface area (Å²) in [5, 5.41) is 2.62. The van der Waals surface area contributed by atoms with Crippen molar-refractivity contribution in [2.24, 2.45) is 4.99 Å². The summed E-state index contributed by atoms with van der Waals surface area (Å²) in [5.74, 6) is 0.559. The Hall–Kier alpha value is -0.650. The Morgan fingerprint density at radius 2 is 2.50 bits per heavy atom. The van der Waals surface area contributed by atoms with E-state index in [0.29, 0.717) is 19.2 Å². The van der Waals surface area contributed by atoms with Crippen LogP contribution in [-0.4, -0.2) is 61.6 Å². The predicted molar refractivity (Wildman–Crippen MR) is 56.3 cm³/mol. The highest BCUT2D eigenvalue weighted by molar-refractivity contribution is 6.18. The van der Waals surface area contributed by atoms with Crippen molar-refractivity contribution in [1.29, 1.82) is 0 Å². The summed E-state index contributed by atoms with van der Waals surface area (Å²) in [6.07, 6.45) is 1.67. The van der Waals surface area contributed by atoms with Gasteiger partial charge in [-0.3, -0.25) is 0 Å². The van der Waals surface area contributed by atoms with E-state index in [0.717, 1.165) is 6.54 Å². The lowest BCUT2D eigenvalue weighted by atomic mass is 10.5. The molecule has 0 spiro atoms. The first-order valence-corrected chi connectivity index (χ1v) is 5.02. The van der Waals surface area contributed by atoms with Gasteiger partial charge in [0.15, 0.2) is 6.34 Å². The SMILES string of the molecule is CNC(=O)[N+]1(C)C=NCN(CCCl)C1. The monoisotopic (exact) mass is 219 g/mol. The van der Waals surface area contributed by atoms with Crippen LogP contribution in [0, 0.1) is 0 Å². The Bertz CT molecular complexity index is 245. The molecular formula is C8H16ClN4O+. The summed E-state index contributed by atoms with van der Waals surface area (Å²) in [7, 11) is 3.45. The Balaban J connectivity index is 2.67. The molecule has 0 aromatic rings. The fraction of sp³-hybridized carbons (Fsp3) is 0.750. The molecule has 0 saturated heterocycles. The van der Waals surface area contributed by atoms with Gasteiger partial charge in [0.1, 0.15) is 13.3 Å². The van der Waals surface area contributed by atoms with Gasteiger partial charge in [-0.25, -0.2) is 14.7 Å². The molecule has 1 aliphatic rings. The van der Waals surface area contributed by atoms with Gasteiger partial charge in [0, 0.05) is 19.5 Å². The number of carbonyl (C=O) groups excluding carboxylic acids is 1. The number of alkyl halides is 1. The zero-order chi connectivity index (χ0) is 10.6. The Morgan fingerprint density at radius 3 is 3.07 bits per heavy atom. The van der Waals surface area contributed by atoms with E-state index in [1.165, 1.54) is 0 Å². The van der Waals surface area contributed by atoms with Gasteiger partial charge in [-0.2, -0.15) is 4.48 Å². The molecule has 0 saturated carbocycles. The minimum absolute atomic E-state index is 0.0620. The maximum Gasteiger partial charge on any atom is 0.423 e. The lowest BCUT2D eigenvalue weighted by molar-refractivity contribution is -0.745. The fourth-order valence-electron chi connectivity index (χ4n) is 1.46. The molecule has 0 bridgehead atoms. The van der Waals surface area contributed by atoms with E-state index in [1.807, 2.05) is 11.9 Å². The highest BCUT2D eigenvalue weighted by Gasteiger charge is 2.34. The van der Waals surface area contributed by atoms with Crippen LogP contribution >= 0.6 is 11.6 Å². The van der Waals surface area contributed by atoms with Crippen LogP contribution in [-0.2, 0) is 0 Å². The van der Waals surface area contributed by atoms with Crippen LogP contribution in [0.2, 0.25) is 0 Å². The van der Waals surface area contributed by atoms with E-state index >= 15 is 0 Å². The summed E-state index contributed by atoms with van der Waals surface area (Å²) >= 11 is 5.64. The minimum atomic E-state index is -0.0620. The molecule has 2 amide bonds. The maximum atomic E-state index is 11.5. The second kappa shape index (κ2) is 4.72. The van der Waals surface area contributed by atoms with E-state index in [-0.39, 0.29) is 10.5 Å². The first-order chi connectivity index (χ1) is 6.62. The molecule has 0 aliphatic carbocycles. The highest BCUT2D eigenvalue weighted by atomic mass is 35.5. The van der Waals surface area contributed by atoms with E-state index < -0.39 is 0 Å². The number of halogens is 1. The molecule has 1 aliphatic heterocycles. The second-order valence-corrected chi connectivity index (χ2v) is 3.87. The molecule has 80 valence electrons. The first kappa shape index (κ1) is 11.4. The number of nitrogens with zero attached hydrogens (tertiary/aromatic N) is 3. The van der Waals surface area contributed by atoms with Gasteiger partial charge in [0.05, 0.1) is 7.05 Å². The number of quaternary nitrogens is 1. The molecule has 14 heavy (non-hydrogen) atoms. The molecule has 5 nitrogen and oxygen atoms in total. The summed E-state index contributed by atoms with van der Waals surface area (Å²) < 4.78 is 0.160. The third-order valence-corrected chi connectivity index (χ3v) is 2.36. The van der Waals surface area contributed by atoms with Gasteiger partial charge < -0.3 is 5.32 Å². The van der Waals surface area contributed by atoms with Crippen molar-refractivity contribution >= 4 is 24.0 Å². The maximum absolute atomic E-state index is 11.5. The summed E-state index contributed by atoms with van der Waals surface area (Å²) in [4.78, 5) is 17.7. The summed E-state index contributed by atoms with van der Waals surface area (Å²) in [5.41, 5.74) is 0. The third-order valence-electron chi connectivity index (χ3n) is 2.19. The zero-order valence-corrected chi connectivity index (χ0v) is 9.29. The largest absolute Gasteiger partial charge is 0.423 e. The molecule has 1 N–H and O–H groups in total. The lowest BCUT2D eigenvalue weighted by Gasteiger charge is -2.34. The quantitative estimate of drug-likeness (QED) is 0.535. The van der Waals surface area contributed by atoms with Crippen LogP contribution < -0.4 is 5.32 Å². The number of rotatable bonds is 2. The van der Waals surface area contributed by atoms with E-state index in [2.05, 4.69) is 10.3 Å². The van der Waals surface area contributed by atoms with Gasteiger partial charge >= 0.3 is 6.03 Å². The van der Waals surface area contributed by atoms with Crippen LogP contribution in [0.1, 0.15) is 0 Å². The first-order valence-electron chi connectivity index (χ1n) is 4.49. The van der Waals surface area contributed by atoms with Gasteiger partial charge in [0.25, 0.3) is 0 Å². The topological polar surface area (TPSA) is 44.7 Å². The molecular weight excluding hydrogens is 204 g/mol. The van der Waals surface area contributed by atoms with E-state index in [4.69, 9.17) is 11.6 Å². The molecule has 0 radical (unpaired) electrons. The number of aliphatic imine (C=N–C) groups is 1. The van der Waals surface area contributed by atoms with Gasteiger partial charge in [-0.15, -0.1) is 11.6 Å². The Kier molecular flexibility index (Phi) is 3.86. The molecule has 1 unspecified atom stereocenters. The van der Waals surface area contributed by atoms with Crippen molar-refractivity contribution in [2.45, 2.75) is 0 Å². The fourth-order valence-corrected chi connectivity index (χ4v) is 1.70. The van der Waals surface area contributed by atoms with Crippen LogP contribution in [0.3, 0.4) is 0 Å². The number of hydrogen-bond acceptors (Lipinski definition) is 3. The van der Waals surface area contributed by atoms with E-state index in [9.17, 15) is 4.79 Å². The average molecular weight is 220 g/mol. The van der Waals surface area contributed by atoms with Crippen molar-refractivity contribution in [3.63, 3.8) is 0 Å².